The molecule has 3 aromatic rings. The van der Waals surface area contributed by atoms with E-state index in [9.17, 15) is 18.3 Å². The Balaban J connectivity index is 1.63. The average Bonchev–Trinajstić information content (AvgIpc) is 3.46. The number of rotatable bonds is 6. The van der Waals surface area contributed by atoms with Gasteiger partial charge in [0.1, 0.15) is 5.75 Å². The zero-order valence-corrected chi connectivity index (χ0v) is 18.9. The number of aryl methyl sites for hydroxylation is 1. The molecular weight excluding hydrogens is 428 g/mol. The number of carbonyl (C=O) groups is 1. The summed E-state index contributed by atoms with van der Waals surface area (Å²) in [6.45, 7) is 4.88. The number of phenols is 1. The lowest BCUT2D eigenvalue weighted by Crippen LogP contribution is -2.28. The minimum Gasteiger partial charge on any atom is -0.506 e. The fourth-order valence-electron chi connectivity index (χ4n) is 3.86. The summed E-state index contributed by atoms with van der Waals surface area (Å²) in [5.74, 6) is -0.672. The van der Waals surface area contributed by atoms with Crippen molar-refractivity contribution in [1.29, 1.82) is 0 Å². The number of aromatic hydroxyl groups is 1. The SMILES string of the molecule is CCc1c(C(=O)Nc2cc(S(=O)(=O)N3CCCC3)ccc2O)cnn1-c1ccc(C)cc1. The minimum absolute atomic E-state index is 0.0403. The first-order valence-corrected chi connectivity index (χ1v) is 12.0. The van der Waals surface area contributed by atoms with Gasteiger partial charge in [0, 0.05) is 13.1 Å². The molecule has 8 nitrogen and oxygen atoms in total. The lowest BCUT2D eigenvalue weighted by atomic mass is 10.1. The maximum Gasteiger partial charge on any atom is 0.259 e. The highest BCUT2D eigenvalue weighted by Gasteiger charge is 2.28. The number of aromatic nitrogens is 2. The van der Waals surface area contributed by atoms with Gasteiger partial charge in [0.05, 0.1) is 33.7 Å². The Kier molecular flexibility index (Phi) is 6.03. The molecule has 0 spiro atoms. The van der Waals surface area contributed by atoms with Gasteiger partial charge in [-0.3, -0.25) is 4.79 Å². The summed E-state index contributed by atoms with van der Waals surface area (Å²) in [6.07, 6.45) is 3.69. The van der Waals surface area contributed by atoms with Crippen LogP contribution in [0.4, 0.5) is 5.69 Å². The minimum atomic E-state index is -3.67. The number of nitrogens with zero attached hydrogens (tertiary/aromatic N) is 3. The molecule has 0 saturated carbocycles. The van der Waals surface area contributed by atoms with Crippen LogP contribution in [0.25, 0.3) is 5.69 Å². The molecule has 0 unspecified atom stereocenters. The highest BCUT2D eigenvalue weighted by Crippen LogP contribution is 2.30. The number of phenolic OH excluding ortho intramolecular Hbond substituents is 1. The van der Waals surface area contributed by atoms with E-state index in [2.05, 4.69) is 10.4 Å². The lowest BCUT2D eigenvalue weighted by Gasteiger charge is -2.17. The van der Waals surface area contributed by atoms with Crippen molar-refractivity contribution in [2.45, 2.75) is 38.0 Å². The summed E-state index contributed by atoms with van der Waals surface area (Å²) in [5, 5.41) is 17.3. The van der Waals surface area contributed by atoms with Gasteiger partial charge in [-0.1, -0.05) is 24.6 Å². The van der Waals surface area contributed by atoms with Crippen LogP contribution in [0.2, 0.25) is 0 Å². The van der Waals surface area contributed by atoms with E-state index in [0.717, 1.165) is 24.1 Å². The normalized spacial score (nSPS) is 14.6. The third-order valence-electron chi connectivity index (χ3n) is 5.65. The second-order valence-corrected chi connectivity index (χ2v) is 9.79. The molecule has 2 heterocycles. The van der Waals surface area contributed by atoms with Crippen LogP contribution >= 0.6 is 0 Å². The molecule has 1 fully saturated rings. The maximum absolute atomic E-state index is 13.0. The maximum atomic E-state index is 13.0. The number of hydrogen-bond acceptors (Lipinski definition) is 5. The summed E-state index contributed by atoms with van der Waals surface area (Å²) < 4.78 is 28.8. The molecule has 0 aliphatic carbocycles. The molecule has 1 amide bonds. The van der Waals surface area contributed by atoms with Gasteiger partial charge < -0.3 is 10.4 Å². The van der Waals surface area contributed by atoms with Crippen molar-refractivity contribution in [2.24, 2.45) is 0 Å². The summed E-state index contributed by atoms with van der Waals surface area (Å²) in [5.41, 5.74) is 3.08. The Morgan fingerprint density at radius 1 is 1.12 bits per heavy atom. The number of benzene rings is 2. The first-order valence-electron chi connectivity index (χ1n) is 10.6. The standard InChI is InChI=1S/C23H26N4O4S/c1-3-21-19(15-24-27(21)17-8-6-16(2)7-9-17)23(29)25-20-14-18(10-11-22(20)28)32(30,31)26-12-4-5-13-26/h6-11,14-15,28H,3-5,12-13H2,1-2H3,(H,25,29). The Morgan fingerprint density at radius 2 is 1.81 bits per heavy atom. The molecule has 2 N–H and O–H groups in total. The summed E-state index contributed by atoms with van der Waals surface area (Å²) >= 11 is 0. The fourth-order valence-corrected chi connectivity index (χ4v) is 5.40. The summed E-state index contributed by atoms with van der Waals surface area (Å²) in [6, 6.07) is 11.8. The van der Waals surface area contributed by atoms with Crippen LogP contribution < -0.4 is 5.32 Å². The van der Waals surface area contributed by atoms with Crippen LogP contribution in [-0.2, 0) is 16.4 Å². The van der Waals surface area contributed by atoms with E-state index in [1.54, 1.807) is 4.68 Å². The molecule has 0 bridgehead atoms. The third kappa shape index (κ3) is 4.13. The average molecular weight is 455 g/mol. The molecule has 1 aromatic heterocycles. The molecule has 2 aromatic carbocycles. The van der Waals surface area contributed by atoms with Gasteiger partial charge in [0.15, 0.2) is 0 Å². The number of sulfonamides is 1. The Morgan fingerprint density at radius 3 is 2.47 bits per heavy atom. The smallest absolute Gasteiger partial charge is 0.259 e. The van der Waals surface area contributed by atoms with E-state index >= 15 is 0 Å². The topological polar surface area (TPSA) is 105 Å². The molecule has 32 heavy (non-hydrogen) atoms. The number of amides is 1. The molecule has 0 atom stereocenters. The molecule has 1 saturated heterocycles. The van der Waals surface area contributed by atoms with Crippen molar-refractivity contribution >= 4 is 21.6 Å². The quantitative estimate of drug-likeness (QED) is 0.555. The van der Waals surface area contributed by atoms with Crippen molar-refractivity contribution in [2.75, 3.05) is 18.4 Å². The predicted octanol–water partition coefficient (Wildman–Crippen LogP) is 3.49. The Bertz CT molecular complexity index is 1240. The molecular formula is C23H26N4O4S. The van der Waals surface area contributed by atoms with Crippen molar-refractivity contribution in [3.8, 4) is 11.4 Å². The molecule has 0 radical (unpaired) electrons. The van der Waals surface area contributed by atoms with Crippen LogP contribution in [0.1, 0.15) is 41.4 Å². The van der Waals surface area contributed by atoms with E-state index in [1.807, 2.05) is 38.1 Å². The third-order valence-corrected chi connectivity index (χ3v) is 7.54. The largest absolute Gasteiger partial charge is 0.506 e. The van der Waals surface area contributed by atoms with E-state index in [-0.39, 0.29) is 16.3 Å². The van der Waals surface area contributed by atoms with Gasteiger partial charge in [-0.25, -0.2) is 13.1 Å². The van der Waals surface area contributed by atoms with Crippen LogP contribution in [0.15, 0.2) is 53.6 Å². The monoisotopic (exact) mass is 454 g/mol. The van der Waals surface area contributed by atoms with Gasteiger partial charge in [-0.05, 0) is 56.5 Å². The van der Waals surface area contributed by atoms with Crippen LogP contribution in [0.5, 0.6) is 5.75 Å². The zero-order valence-electron chi connectivity index (χ0n) is 18.1. The fraction of sp³-hybridized carbons (Fsp3) is 0.304. The van der Waals surface area contributed by atoms with Crippen LogP contribution in [0, 0.1) is 6.92 Å². The molecule has 1 aliphatic rings. The Hall–Kier alpha value is -3.17. The second-order valence-electron chi connectivity index (χ2n) is 7.85. The summed E-state index contributed by atoms with van der Waals surface area (Å²) in [7, 11) is -3.67. The van der Waals surface area contributed by atoms with Crippen molar-refractivity contribution in [1.82, 2.24) is 14.1 Å². The molecule has 1 aliphatic heterocycles. The molecule has 4 rings (SSSR count). The first kappa shape index (κ1) is 22.0. The summed E-state index contributed by atoms with van der Waals surface area (Å²) in [4.78, 5) is 13.1. The highest BCUT2D eigenvalue weighted by atomic mass is 32.2. The van der Waals surface area contributed by atoms with Gasteiger partial charge in [-0.15, -0.1) is 0 Å². The Labute approximate surface area is 187 Å². The molecule has 168 valence electrons. The number of nitrogens with one attached hydrogen (secondary N) is 1. The van der Waals surface area contributed by atoms with Crippen molar-refractivity contribution in [3.63, 3.8) is 0 Å². The van der Waals surface area contributed by atoms with Crippen molar-refractivity contribution < 1.29 is 18.3 Å². The predicted molar refractivity (Wildman–Crippen MR) is 122 cm³/mol. The zero-order chi connectivity index (χ0) is 22.9. The molecule has 9 heteroatoms. The van der Waals surface area contributed by atoms with Gasteiger partial charge in [0.2, 0.25) is 10.0 Å². The first-order chi connectivity index (χ1) is 15.3. The van der Waals surface area contributed by atoms with E-state index < -0.39 is 15.9 Å². The van der Waals surface area contributed by atoms with E-state index in [1.165, 1.54) is 28.7 Å². The second kappa shape index (κ2) is 8.76. The van der Waals surface area contributed by atoms with Crippen molar-refractivity contribution in [3.05, 3.63) is 65.5 Å². The lowest BCUT2D eigenvalue weighted by molar-refractivity contribution is 0.102. The van der Waals surface area contributed by atoms with Gasteiger partial charge >= 0.3 is 0 Å². The van der Waals surface area contributed by atoms with E-state index in [0.29, 0.717) is 30.8 Å². The van der Waals surface area contributed by atoms with E-state index in [4.69, 9.17) is 0 Å². The number of carbonyl (C=O) groups excluding carboxylic acids is 1. The number of hydrogen-bond donors (Lipinski definition) is 2. The van der Waals surface area contributed by atoms with Crippen LogP contribution in [0.3, 0.4) is 0 Å². The van der Waals surface area contributed by atoms with Gasteiger partial charge in [-0.2, -0.15) is 9.40 Å². The number of anilines is 1. The highest BCUT2D eigenvalue weighted by molar-refractivity contribution is 7.89. The van der Waals surface area contributed by atoms with Gasteiger partial charge in [0.25, 0.3) is 5.91 Å². The van der Waals surface area contributed by atoms with Crippen LogP contribution in [-0.4, -0.2) is 46.6 Å².